The largest absolute Gasteiger partial charge is 0.493 e. The number of para-hydroxylation sites is 1. The SMILES string of the molecule is CCC(Sc1cccc(NC(=O)/C(=C\c2ccc(OC)c(OC)c2)NC(=O)c2ccccc2)c1)C(=O)Nc1sc(C(=O)Nc2ccccc2)c(C)c1C(=O)OC. The van der Waals surface area contributed by atoms with Crippen molar-refractivity contribution in [3.8, 4) is 11.5 Å². The van der Waals surface area contributed by atoms with Crippen molar-refractivity contribution < 1.29 is 38.2 Å². The molecule has 0 saturated carbocycles. The first kappa shape index (κ1) is 40.8. The first-order valence-electron chi connectivity index (χ1n) is 17.3. The summed E-state index contributed by atoms with van der Waals surface area (Å²) in [6.07, 6.45) is 1.94. The van der Waals surface area contributed by atoms with E-state index in [9.17, 15) is 24.0 Å². The summed E-state index contributed by atoms with van der Waals surface area (Å²) in [6.45, 7) is 3.48. The Hall–Kier alpha value is -6.38. The lowest BCUT2D eigenvalue weighted by Crippen LogP contribution is -2.30. The molecule has 5 aromatic rings. The predicted octanol–water partition coefficient (Wildman–Crippen LogP) is 8.03. The van der Waals surface area contributed by atoms with Crippen LogP contribution >= 0.6 is 23.1 Å². The Balaban J connectivity index is 1.34. The van der Waals surface area contributed by atoms with E-state index in [1.807, 2.05) is 13.0 Å². The number of benzene rings is 4. The fraction of sp³-hybridized carbons (Fsp3) is 0.167. The summed E-state index contributed by atoms with van der Waals surface area (Å²) in [5.74, 6) is -1.62. The molecule has 0 aliphatic heterocycles. The molecular weight excluding hydrogens is 753 g/mol. The normalized spacial score (nSPS) is 11.5. The molecule has 4 aromatic carbocycles. The van der Waals surface area contributed by atoms with Crippen LogP contribution in [0.2, 0.25) is 0 Å². The predicted molar refractivity (Wildman–Crippen MR) is 220 cm³/mol. The van der Waals surface area contributed by atoms with Gasteiger partial charge in [0.15, 0.2) is 11.5 Å². The van der Waals surface area contributed by atoms with Gasteiger partial charge in [-0.15, -0.1) is 23.1 Å². The van der Waals surface area contributed by atoms with Crippen LogP contribution in [0.5, 0.6) is 11.5 Å². The lowest BCUT2D eigenvalue weighted by Gasteiger charge is -2.16. The van der Waals surface area contributed by atoms with E-state index < -0.39 is 34.8 Å². The van der Waals surface area contributed by atoms with Gasteiger partial charge in [-0.1, -0.05) is 55.5 Å². The van der Waals surface area contributed by atoms with Crippen molar-refractivity contribution in [3.63, 3.8) is 0 Å². The molecule has 0 aliphatic carbocycles. The first-order chi connectivity index (χ1) is 27.0. The monoisotopic (exact) mass is 792 g/mol. The van der Waals surface area contributed by atoms with E-state index in [-0.39, 0.29) is 21.1 Å². The molecule has 14 heteroatoms. The molecule has 0 spiro atoms. The van der Waals surface area contributed by atoms with Crippen LogP contribution < -0.4 is 30.7 Å². The average molecular weight is 793 g/mol. The molecule has 0 radical (unpaired) electrons. The van der Waals surface area contributed by atoms with Crippen LogP contribution in [-0.4, -0.2) is 56.2 Å². The number of rotatable bonds is 15. The van der Waals surface area contributed by atoms with Crippen molar-refractivity contribution in [1.82, 2.24) is 5.32 Å². The summed E-state index contributed by atoms with van der Waals surface area (Å²) in [5, 5.41) is 10.8. The number of amides is 4. The third kappa shape index (κ3) is 10.2. The molecule has 4 amide bonds. The van der Waals surface area contributed by atoms with Gasteiger partial charge in [0.2, 0.25) is 5.91 Å². The molecule has 1 heterocycles. The molecule has 0 fully saturated rings. The van der Waals surface area contributed by atoms with Crippen molar-refractivity contribution >= 4 is 75.1 Å². The summed E-state index contributed by atoms with van der Waals surface area (Å²) in [5.41, 5.74) is 2.39. The summed E-state index contributed by atoms with van der Waals surface area (Å²) in [6, 6.07) is 29.4. The van der Waals surface area contributed by atoms with Crippen molar-refractivity contribution in [1.29, 1.82) is 0 Å². The third-order valence-electron chi connectivity index (χ3n) is 8.29. The molecule has 0 aliphatic rings. The molecule has 56 heavy (non-hydrogen) atoms. The highest BCUT2D eigenvalue weighted by atomic mass is 32.2. The number of carbonyl (C=O) groups excluding carboxylic acids is 5. The molecule has 4 N–H and O–H groups in total. The molecule has 1 unspecified atom stereocenters. The number of hydrogen-bond acceptors (Lipinski definition) is 10. The second-order valence-electron chi connectivity index (χ2n) is 12.1. The lowest BCUT2D eigenvalue weighted by atomic mass is 10.1. The highest BCUT2D eigenvalue weighted by Gasteiger charge is 2.28. The summed E-state index contributed by atoms with van der Waals surface area (Å²) < 4.78 is 15.7. The van der Waals surface area contributed by atoms with Gasteiger partial charge in [0, 0.05) is 21.8 Å². The van der Waals surface area contributed by atoms with E-state index in [4.69, 9.17) is 14.2 Å². The van der Waals surface area contributed by atoms with Gasteiger partial charge in [0.1, 0.15) is 10.7 Å². The van der Waals surface area contributed by atoms with E-state index in [0.29, 0.717) is 50.9 Å². The number of esters is 1. The maximum atomic E-state index is 13.8. The third-order valence-corrected chi connectivity index (χ3v) is 10.9. The summed E-state index contributed by atoms with van der Waals surface area (Å²) in [4.78, 5) is 67.6. The number of ether oxygens (including phenoxy) is 3. The highest BCUT2D eigenvalue weighted by Crippen LogP contribution is 2.36. The van der Waals surface area contributed by atoms with Gasteiger partial charge in [-0.05, 0) is 85.1 Å². The number of thioether (sulfide) groups is 1. The van der Waals surface area contributed by atoms with Crippen LogP contribution in [0.25, 0.3) is 6.08 Å². The first-order valence-corrected chi connectivity index (χ1v) is 19.0. The maximum absolute atomic E-state index is 13.8. The lowest BCUT2D eigenvalue weighted by molar-refractivity contribution is -0.116. The van der Waals surface area contributed by atoms with Crippen molar-refractivity contribution in [2.24, 2.45) is 0 Å². The van der Waals surface area contributed by atoms with Gasteiger partial charge in [0.05, 0.1) is 37.0 Å². The zero-order valence-corrected chi connectivity index (χ0v) is 32.9. The number of anilines is 3. The summed E-state index contributed by atoms with van der Waals surface area (Å²) in [7, 11) is 4.25. The van der Waals surface area contributed by atoms with Gasteiger partial charge in [0.25, 0.3) is 17.7 Å². The molecule has 12 nitrogen and oxygen atoms in total. The van der Waals surface area contributed by atoms with E-state index in [1.165, 1.54) is 39.2 Å². The minimum absolute atomic E-state index is 0.0283. The number of methoxy groups -OCH3 is 3. The van der Waals surface area contributed by atoms with Gasteiger partial charge in [-0.25, -0.2) is 4.79 Å². The number of carbonyl (C=O) groups is 5. The molecule has 1 aromatic heterocycles. The Bertz CT molecular complexity index is 2260. The van der Waals surface area contributed by atoms with E-state index in [0.717, 1.165) is 11.3 Å². The van der Waals surface area contributed by atoms with Gasteiger partial charge < -0.3 is 35.5 Å². The van der Waals surface area contributed by atoms with Gasteiger partial charge in [-0.2, -0.15) is 0 Å². The molecule has 1 atom stereocenters. The number of thiophene rings is 1. The van der Waals surface area contributed by atoms with Crippen molar-refractivity contribution in [3.05, 3.63) is 136 Å². The second-order valence-corrected chi connectivity index (χ2v) is 14.3. The Kier molecular flexibility index (Phi) is 14.0. The molecule has 5 rings (SSSR count). The average Bonchev–Trinajstić information content (AvgIpc) is 3.54. The molecule has 288 valence electrons. The van der Waals surface area contributed by atoms with E-state index in [1.54, 1.807) is 104 Å². The Morgan fingerprint density at radius 2 is 1.43 bits per heavy atom. The maximum Gasteiger partial charge on any atom is 0.341 e. The van der Waals surface area contributed by atoms with Crippen LogP contribution in [0.1, 0.15) is 54.9 Å². The van der Waals surface area contributed by atoms with E-state index >= 15 is 0 Å². The van der Waals surface area contributed by atoms with Crippen LogP contribution in [0.4, 0.5) is 16.4 Å². The summed E-state index contributed by atoms with van der Waals surface area (Å²) >= 11 is 2.25. The fourth-order valence-electron chi connectivity index (χ4n) is 5.45. The zero-order valence-electron chi connectivity index (χ0n) is 31.3. The molecule has 0 bridgehead atoms. The van der Waals surface area contributed by atoms with Gasteiger partial charge in [-0.3, -0.25) is 19.2 Å². The van der Waals surface area contributed by atoms with Crippen molar-refractivity contribution in [2.45, 2.75) is 30.4 Å². The minimum Gasteiger partial charge on any atom is -0.493 e. The van der Waals surface area contributed by atoms with Gasteiger partial charge >= 0.3 is 5.97 Å². The Morgan fingerprint density at radius 1 is 0.750 bits per heavy atom. The standard InChI is InChI=1S/C42H40N4O8S2/c1-6-34(39(49)46-41-35(42(51)54-5)25(2)36(56-41)40(50)43-28-16-11-8-12-17-28)55-30-19-13-18-29(24-30)44-38(48)31(45-37(47)27-14-9-7-10-15-27)22-26-20-21-32(52-3)33(23-26)53-4/h7-24,34H,6H2,1-5H3,(H,43,50)(H,44,48)(H,45,47)(H,46,49)/b31-22+. The second kappa shape index (κ2) is 19.3. The molecular formula is C42H40N4O8S2. The fourth-order valence-corrected chi connectivity index (χ4v) is 7.56. The van der Waals surface area contributed by atoms with Crippen molar-refractivity contribution in [2.75, 3.05) is 37.3 Å². The Morgan fingerprint density at radius 3 is 2.09 bits per heavy atom. The molecule has 0 saturated heterocycles. The highest BCUT2D eigenvalue weighted by molar-refractivity contribution is 8.00. The van der Waals surface area contributed by atoms with Crippen LogP contribution in [0, 0.1) is 6.92 Å². The van der Waals surface area contributed by atoms with E-state index in [2.05, 4.69) is 21.3 Å². The minimum atomic E-state index is -0.684. The Labute approximate surface area is 332 Å². The van der Waals surface area contributed by atoms with Crippen LogP contribution in [-0.2, 0) is 14.3 Å². The topological polar surface area (TPSA) is 161 Å². The van der Waals surface area contributed by atoms with Crippen LogP contribution in [0.3, 0.4) is 0 Å². The quantitative estimate of drug-likeness (QED) is 0.0467. The van der Waals surface area contributed by atoms with Crippen LogP contribution in [0.15, 0.2) is 114 Å². The number of hydrogen-bond donors (Lipinski definition) is 4. The zero-order chi connectivity index (χ0) is 40.2. The number of nitrogens with one attached hydrogen (secondary N) is 4. The smallest absolute Gasteiger partial charge is 0.341 e.